The molecule has 0 saturated carbocycles. The molecular formula is C33H37ClFN3O3SSi. The minimum atomic E-state index is -2.98. The van der Waals surface area contributed by atoms with E-state index in [0.717, 1.165) is 15.3 Å². The number of thiazole rings is 1. The summed E-state index contributed by atoms with van der Waals surface area (Å²) in [4.78, 5) is 25.2. The van der Waals surface area contributed by atoms with E-state index in [-0.39, 0.29) is 39.6 Å². The van der Waals surface area contributed by atoms with Crippen LogP contribution in [-0.2, 0) is 15.8 Å². The van der Waals surface area contributed by atoms with Crippen molar-refractivity contribution in [3.05, 3.63) is 99.0 Å². The number of nitrogens with zero attached hydrogens (tertiary/aromatic N) is 3. The summed E-state index contributed by atoms with van der Waals surface area (Å²) < 4.78 is 29.1. The quantitative estimate of drug-likeness (QED) is 0.161. The number of halogens is 2. The van der Waals surface area contributed by atoms with Crippen LogP contribution in [0, 0.1) is 12.7 Å². The van der Waals surface area contributed by atoms with Crippen molar-refractivity contribution in [3.63, 3.8) is 0 Å². The van der Waals surface area contributed by atoms with Crippen molar-refractivity contribution in [1.29, 1.82) is 0 Å². The van der Waals surface area contributed by atoms with Gasteiger partial charge in [0.2, 0.25) is 5.78 Å². The first kappa shape index (κ1) is 31.5. The van der Waals surface area contributed by atoms with Gasteiger partial charge in [-0.05, 0) is 36.2 Å². The molecule has 5 rings (SSSR count). The van der Waals surface area contributed by atoms with Crippen LogP contribution in [-0.4, -0.2) is 49.4 Å². The van der Waals surface area contributed by atoms with Crippen LogP contribution >= 0.6 is 22.9 Å². The first-order chi connectivity index (χ1) is 20.4. The van der Waals surface area contributed by atoms with Crippen LogP contribution in [0.5, 0.6) is 0 Å². The van der Waals surface area contributed by atoms with E-state index in [1.54, 1.807) is 6.20 Å². The monoisotopic (exact) mass is 637 g/mol. The van der Waals surface area contributed by atoms with Crippen molar-refractivity contribution < 1.29 is 18.3 Å². The van der Waals surface area contributed by atoms with Gasteiger partial charge in [-0.1, -0.05) is 93.0 Å². The zero-order valence-electron chi connectivity index (χ0n) is 25.4. The van der Waals surface area contributed by atoms with Crippen LogP contribution in [0.15, 0.2) is 66.9 Å². The van der Waals surface area contributed by atoms with E-state index < -0.39 is 19.9 Å². The Hall–Kier alpha value is -2.95. The van der Waals surface area contributed by atoms with Gasteiger partial charge in [0.25, 0.3) is 8.32 Å². The average molecular weight is 638 g/mol. The highest BCUT2D eigenvalue weighted by Crippen LogP contribution is 2.40. The van der Waals surface area contributed by atoms with E-state index in [9.17, 15) is 4.79 Å². The molecule has 0 amide bonds. The molecular weight excluding hydrogens is 601 g/mol. The van der Waals surface area contributed by atoms with Gasteiger partial charge in [0.05, 0.1) is 30.2 Å². The van der Waals surface area contributed by atoms with E-state index in [1.807, 2.05) is 62.1 Å². The lowest BCUT2D eigenvalue weighted by atomic mass is 10.1. The first-order valence-electron chi connectivity index (χ1n) is 14.4. The normalized spacial score (nSPS) is 17.7. The predicted octanol–water partition coefficient (Wildman–Crippen LogP) is 6.56. The Kier molecular flexibility index (Phi) is 9.20. The van der Waals surface area contributed by atoms with E-state index in [0.29, 0.717) is 24.5 Å². The Morgan fingerprint density at radius 3 is 2.12 bits per heavy atom. The largest absolute Gasteiger partial charge is 0.401 e. The highest BCUT2D eigenvalue weighted by molar-refractivity contribution is 7.13. The lowest BCUT2D eigenvalue weighted by Gasteiger charge is -2.43. The second-order valence-corrected chi connectivity index (χ2v) is 18.0. The van der Waals surface area contributed by atoms with Crippen LogP contribution in [0.1, 0.15) is 60.7 Å². The third-order valence-electron chi connectivity index (χ3n) is 7.74. The molecule has 1 saturated heterocycles. The maximum Gasteiger partial charge on any atom is 0.261 e. The molecule has 2 aromatic carbocycles. The number of carbonyl (C=O) groups excluding carboxylic acids is 1. The Balaban J connectivity index is 1.68. The van der Waals surface area contributed by atoms with Crippen molar-refractivity contribution >= 4 is 53.1 Å². The molecule has 0 unspecified atom stereocenters. The summed E-state index contributed by atoms with van der Waals surface area (Å²) in [5.41, 5.74) is 0.502. The van der Waals surface area contributed by atoms with Crippen LogP contribution in [0.25, 0.3) is 0 Å². The van der Waals surface area contributed by atoms with Gasteiger partial charge < -0.3 is 14.1 Å². The number of anilines is 1. The molecule has 1 aliphatic rings. The molecule has 0 spiro atoms. The van der Waals surface area contributed by atoms with Crippen LogP contribution < -0.4 is 15.3 Å². The number of benzene rings is 2. The molecule has 1 aliphatic heterocycles. The van der Waals surface area contributed by atoms with Crippen LogP contribution in [0.2, 0.25) is 10.1 Å². The van der Waals surface area contributed by atoms with Crippen LogP contribution in [0.4, 0.5) is 10.1 Å². The molecule has 43 heavy (non-hydrogen) atoms. The molecule has 2 aromatic heterocycles. The van der Waals surface area contributed by atoms with Crippen molar-refractivity contribution in [2.45, 2.75) is 65.4 Å². The summed E-state index contributed by atoms with van der Waals surface area (Å²) in [6.45, 7) is 13.4. The number of ether oxygens (including phenoxy) is 1. The molecule has 6 nitrogen and oxygen atoms in total. The number of morpholine rings is 1. The maximum absolute atomic E-state index is 16.0. The van der Waals surface area contributed by atoms with Crippen molar-refractivity contribution in [1.82, 2.24) is 9.97 Å². The minimum absolute atomic E-state index is 0.0277. The summed E-state index contributed by atoms with van der Waals surface area (Å²) in [7, 11) is -2.98. The Morgan fingerprint density at radius 2 is 1.63 bits per heavy atom. The highest BCUT2D eigenvalue weighted by Gasteiger charge is 2.50. The van der Waals surface area contributed by atoms with Gasteiger partial charge in [-0.2, -0.15) is 0 Å². The van der Waals surface area contributed by atoms with Gasteiger partial charge in [-0.3, -0.25) is 4.79 Å². The number of hydrogen-bond donors (Lipinski definition) is 0. The molecule has 3 heterocycles. The molecule has 10 heteroatoms. The lowest BCUT2D eigenvalue weighted by Crippen LogP contribution is -2.66. The number of pyridine rings is 1. The Morgan fingerprint density at radius 1 is 1.07 bits per heavy atom. The van der Waals surface area contributed by atoms with Crippen molar-refractivity contribution in [2.75, 3.05) is 18.0 Å². The third-order valence-corrected chi connectivity index (χ3v) is 14.0. The zero-order chi connectivity index (χ0) is 30.9. The van der Waals surface area contributed by atoms with Gasteiger partial charge in [0.1, 0.15) is 5.02 Å². The standard InChI is InChI=1S/C33H37ClFN3O3SSi/c1-21-18-38(19-22(2)41-21)30-26(37-29(28(35)27(30)34)31(39)32-36-17-23(3)42-32)20-40-43(33(4,5)6,24-13-9-7-10-14-24)25-15-11-8-12-16-25/h7-17,21-22H,18-20H2,1-6H3/t21-,22+. The number of ketones is 1. The number of carbonyl (C=O) groups is 1. The fourth-order valence-electron chi connectivity index (χ4n) is 6.00. The van der Waals surface area contributed by atoms with E-state index in [1.165, 1.54) is 11.3 Å². The fourth-order valence-corrected chi connectivity index (χ4v) is 11.5. The SMILES string of the molecule is Cc1cnc(C(=O)c2nc(CO[Si](c3ccccc3)(c3ccccc3)C(C)(C)C)c(N3C[C@@H](C)O[C@@H](C)C3)c(Cl)c2F)s1. The average Bonchev–Trinajstić information content (AvgIpc) is 3.41. The minimum Gasteiger partial charge on any atom is -0.401 e. The van der Waals surface area contributed by atoms with Gasteiger partial charge in [0, 0.05) is 24.2 Å². The molecule has 1 fully saturated rings. The fraction of sp³-hybridized carbons (Fsp3) is 0.364. The zero-order valence-corrected chi connectivity index (χ0v) is 27.9. The lowest BCUT2D eigenvalue weighted by molar-refractivity contribution is -0.00535. The number of rotatable bonds is 8. The molecule has 4 aromatic rings. The summed E-state index contributed by atoms with van der Waals surface area (Å²) >= 11 is 8.03. The number of hydrogen-bond acceptors (Lipinski definition) is 7. The molecule has 0 N–H and O–H groups in total. The predicted molar refractivity (Wildman–Crippen MR) is 174 cm³/mol. The van der Waals surface area contributed by atoms with E-state index in [4.69, 9.17) is 20.8 Å². The van der Waals surface area contributed by atoms with Crippen molar-refractivity contribution in [3.8, 4) is 0 Å². The summed E-state index contributed by atoms with van der Waals surface area (Å²) in [6.07, 6.45) is 1.39. The Bertz CT molecular complexity index is 1550. The molecule has 0 radical (unpaired) electrons. The second kappa shape index (κ2) is 12.6. The molecule has 2 atom stereocenters. The van der Waals surface area contributed by atoms with Gasteiger partial charge in [-0.25, -0.2) is 14.4 Å². The summed E-state index contributed by atoms with van der Waals surface area (Å²) in [5.74, 6) is -1.45. The highest BCUT2D eigenvalue weighted by atomic mass is 35.5. The van der Waals surface area contributed by atoms with Gasteiger partial charge in [0.15, 0.2) is 16.5 Å². The Labute approximate surface area is 263 Å². The summed E-state index contributed by atoms with van der Waals surface area (Å²) in [6, 6.07) is 20.5. The van der Waals surface area contributed by atoms with Crippen molar-refractivity contribution in [2.24, 2.45) is 0 Å². The number of aromatic nitrogens is 2. The van der Waals surface area contributed by atoms with Gasteiger partial charge >= 0.3 is 0 Å². The second-order valence-electron chi connectivity index (χ2n) is 12.1. The third kappa shape index (κ3) is 6.19. The topological polar surface area (TPSA) is 64.5 Å². The molecule has 0 bridgehead atoms. The van der Waals surface area contributed by atoms with Gasteiger partial charge in [-0.15, -0.1) is 11.3 Å². The van der Waals surface area contributed by atoms with E-state index in [2.05, 4.69) is 55.0 Å². The summed E-state index contributed by atoms with van der Waals surface area (Å²) in [5, 5.41) is 1.94. The maximum atomic E-state index is 16.0. The molecule has 226 valence electrons. The smallest absolute Gasteiger partial charge is 0.261 e. The first-order valence-corrected chi connectivity index (χ1v) is 17.5. The van der Waals surface area contributed by atoms with E-state index >= 15 is 4.39 Å². The molecule has 0 aliphatic carbocycles. The number of aryl methyl sites for hydroxylation is 1. The van der Waals surface area contributed by atoms with Crippen LogP contribution in [0.3, 0.4) is 0 Å².